The fourth-order valence-electron chi connectivity index (χ4n) is 9.52. The Labute approximate surface area is 209 Å². The van der Waals surface area contributed by atoms with Crippen LogP contribution in [-0.2, 0) is 18.9 Å². The van der Waals surface area contributed by atoms with Gasteiger partial charge in [0, 0.05) is 35.9 Å². The molecular weight excluding hydrogens is 446 g/mol. The molecule has 7 heteroatoms. The molecule has 7 rings (SSSR count). The molecule has 0 aromatic rings. The number of aliphatic hydroxyl groups is 1. The summed E-state index contributed by atoms with van der Waals surface area (Å²) in [4.78, 5) is 14.6. The van der Waals surface area contributed by atoms with Crippen LogP contribution in [0.2, 0.25) is 0 Å². The number of hydrogen-bond acceptors (Lipinski definition) is 6. The normalized spacial score (nSPS) is 48.2. The van der Waals surface area contributed by atoms with E-state index in [-0.39, 0.29) is 47.1 Å². The first-order valence-corrected chi connectivity index (χ1v) is 13.8. The molecule has 196 valence electrons. The van der Waals surface area contributed by atoms with Crippen LogP contribution in [0.15, 0.2) is 12.2 Å². The van der Waals surface area contributed by atoms with E-state index in [1.807, 2.05) is 13.8 Å². The molecule has 2 aliphatic heterocycles. The van der Waals surface area contributed by atoms with Crippen molar-refractivity contribution in [1.29, 1.82) is 0 Å². The second-order valence-electron chi connectivity index (χ2n) is 13.1. The minimum Gasteiger partial charge on any atom is -0.449 e. The summed E-state index contributed by atoms with van der Waals surface area (Å²) < 4.78 is 24.8. The van der Waals surface area contributed by atoms with Gasteiger partial charge in [-0.2, -0.15) is 0 Å². The van der Waals surface area contributed by atoms with Crippen molar-refractivity contribution < 1.29 is 28.8 Å². The third-order valence-electron chi connectivity index (χ3n) is 11.0. The van der Waals surface area contributed by atoms with E-state index in [0.717, 1.165) is 44.9 Å². The molecule has 0 radical (unpaired) electrons. The van der Waals surface area contributed by atoms with Crippen LogP contribution < -0.4 is 0 Å². The Morgan fingerprint density at radius 3 is 2.63 bits per heavy atom. The maximum absolute atomic E-state index is 12.9. The zero-order valence-corrected chi connectivity index (χ0v) is 21.7. The smallest absolute Gasteiger partial charge is 0.409 e. The summed E-state index contributed by atoms with van der Waals surface area (Å²) in [6.07, 6.45) is 7.09. The number of hydrogen-bond donors (Lipinski definition) is 1. The summed E-state index contributed by atoms with van der Waals surface area (Å²) in [6.45, 7) is 13.7. The predicted octanol–water partition coefficient (Wildman–Crippen LogP) is 4.14. The first-order chi connectivity index (χ1) is 16.7. The topological polar surface area (TPSA) is 77.5 Å². The highest BCUT2D eigenvalue weighted by atomic mass is 16.7. The lowest BCUT2D eigenvalue weighted by atomic mass is 9.35. The van der Waals surface area contributed by atoms with Gasteiger partial charge in [-0.1, -0.05) is 19.9 Å². The van der Waals surface area contributed by atoms with Crippen LogP contribution in [0.3, 0.4) is 0 Å². The van der Waals surface area contributed by atoms with Gasteiger partial charge in [-0.15, -0.1) is 0 Å². The van der Waals surface area contributed by atoms with Crippen molar-refractivity contribution in [3.05, 3.63) is 12.2 Å². The summed E-state index contributed by atoms with van der Waals surface area (Å²) in [5, 5.41) is 11.2. The third kappa shape index (κ3) is 3.40. The molecule has 5 aliphatic carbocycles. The zero-order chi connectivity index (χ0) is 24.6. The highest BCUT2D eigenvalue weighted by Crippen LogP contribution is 2.74. The molecule has 0 aromatic heterocycles. The third-order valence-corrected chi connectivity index (χ3v) is 11.0. The molecule has 1 N–H and O–H groups in total. The van der Waals surface area contributed by atoms with Crippen LogP contribution in [0.25, 0.3) is 0 Å². The van der Waals surface area contributed by atoms with Crippen molar-refractivity contribution in [2.75, 3.05) is 39.5 Å². The van der Waals surface area contributed by atoms with Crippen molar-refractivity contribution >= 4 is 6.09 Å². The average molecular weight is 490 g/mol. The minimum atomic E-state index is -0.654. The van der Waals surface area contributed by atoms with Gasteiger partial charge in [-0.3, -0.25) is 0 Å². The van der Waals surface area contributed by atoms with Gasteiger partial charge in [0.1, 0.15) is 0 Å². The summed E-state index contributed by atoms with van der Waals surface area (Å²) in [6, 6.07) is 0. The van der Waals surface area contributed by atoms with Gasteiger partial charge in [-0.25, -0.2) is 4.79 Å². The predicted molar refractivity (Wildman–Crippen MR) is 130 cm³/mol. The van der Waals surface area contributed by atoms with Gasteiger partial charge >= 0.3 is 6.09 Å². The fraction of sp³-hybridized carbons (Fsp3) is 0.893. The van der Waals surface area contributed by atoms with Gasteiger partial charge in [-0.05, 0) is 75.7 Å². The molecule has 8 atom stereocenters. The molecule has 1 spiro atoms. The number of fused-ring (bicyclic) bond motifs is 2. The molecule has 0 aromatic carbocycles. The quantitative estimate of drug-likeness (QED) is 0.601. The molecule has 2 bridgehead atoms. The molecule has 35 heavy (non-hydrogen) atoms. The monoisotopic (exact) mass is 489 g/mol. The summed E-state index contributed by atoms with van der Waals surface area (Å²) in [5.41, 5.74) is 0.752. The van der Waals surface area contributed by atoms with E-state index < -0.39 is 5.79 Å². The fourth-order valence-corrected chi connectivity index (χ4v) is 9.52. The number of rotatable bonds is 3. The molecule has 2 saturated heterocycles. The van der Waals surface area contributed by atoms with Gasteiger partial charge in [0.25, 0.3) is 0 Å². The Bertz CT molecular complexity index is 885. The molecule has 1 amide bonds. The van der Waals surface area contributed by atoms with Crippen molar-refractivity contribution in [2.24, 2.45) is 34.0 Å². The van der Waals surface area contributed by atoms with Crippen molar-refractivity contribution in [2.45, 2.75) is 83.7 Å². The lowest BCUT2D eigenvalue weighted by Crippen LogP contribution is -2.75. The number of morpholine rings is 1. The van der Waals surface area contributed by atoms with Crippen LogP contribution in [0, 0.1) is 34.0 Å². The maximum atomic E-state index is 12.9. The summed E-state index contributed by atoms with van der Waals surface area (Å²) in [5.74, 6) is 0.368. The van der Waals surface area contributed by atoms with Crippen LogP contribution in [0.4, 0.5) is 4.79 Å². The van der Waals surface area contributed by atoms with Gasteiger partial charge in [0.05, 0.1) is 32.0 Å². The maximum Gasteiger partial charge on any atom is 0.409 e. The van der Waals surface area contributed by atoms with E-state index in [2.05, 4.69) is 13.5 Å². The molecule has 7 aliphatic rings. The Hall–Kier alpha value is -1.15. The Kier molecular flexibility index (Phi) is 5.65. The van der Waals surface area contributed by atoms with Gasteiger partial charge < -0.3 is 29.0 Å². The number of aliphatic hydroxyl groups excluding tert-OH is 1. The van der Waals surface area contributed by atoms with Crippen LogP contribution in [-0.4, -0.2) is 73.6 Å². The minimum absolute atomic E-state index is 0.00505. The SMILES string of the molecule is C=C1[C@H]2CC[C@@]34C(C2)[C@]2(CO)CCC[C@@](C)(COC(=O)N5CCOCC5)C2C[C@H]3OC(C)(C)O[C@@H]14. The van der Waals surface area contributed by atoms with Crippen molar-refractivity contribution in [1.82, 2.24) is 4.90 Å². The zero-order valence-electron chi connectivity index (χ0n) is 21.7. The molecular formula is C28H43NO6. The average Bonchev–Trinajstić information content (AvgIpc) is 2.85. The number of carbonyl (C=O) groups excluding carboxylic acids is 1. The molecule has 5 saturated carbocycles. The molecule has 2 unspecified atom stereocenters. The van der Waals surface area contributed by atoms with Crippen molar-refractivity contribution in [3.8, 4) is 0 Å². The first kappa shape index (κ1) is 24.2. The largest absolute Gasteiger partial charge is 0.449 e. The van der Waals surface area contributed by atoms with Gasteiger partial charge in [0.15, 0.2) is 5.79 Å². The second-order valence-corrected chi connectivity index (χ2v) is 13.1. The molecule has 7 nitrogen and oxygen atoms in total. The standard InChI is InChI=1S/C28H43NO6/c1-18-19-6-9-28-21(14-19)27(16-30)8-5-7-26(4,17-33-24(31)29-10-12-32-13-11-29)20(27)15-22(28)34-25(2,3)35-23(18)28/h19-23,30H,1,5-17H2,2-4H3/t19-,20?,21?,22+,23-,26-,27-,28+/m0/s1. The van der Waals surface area contributed by atoms with E-state index in [9.17, 15) is 9.90 Å². The van der Waals surface area contributed by atoms with E-state index in [0.29, 0.717) is 44.7 Å². The van der Waals surface area contributed by atoms with E-state index in [4.69, 9.17) is 18.9 Å². The Balaban J connectivity index is 1.33. The van der Waals surface area contributed by atoms with E-state index >= 15 is 0 Å². The van der Waals surface area contributed by atoms with Crippen LogP contribution in [0.5, 0.6) is 0 Å². The van der Waals surface area contributed by atoms with E-state index in [1.54, 1.807) is 4.90 Å². The highest BCUT2D eigenvalue weighted by molar-refractivity contribution is 5.67. The summed E-state index contributed by atoms with van der Waals surface area (Å²) >= 11 is 0. The van der Waals surface area contributed by atoms with Crippen molar-refractivity contribution in [3.63, 3.8) is 0 Å². The molecule has 7 fully saturated rings. The number of nitrogens with zero attached hydrogens (tertiary/aromatic N) is 1. The van der Waals surface area contributed by atoms with Crippen LogP contribution in [0.1, 0.15) is 65.7 Å². The number of amides is 1. The van der Waals surface area contributed by atoms with Crippen LogP contribution >= 0.6 is 0 Å². The number of ether oxygens (including phenoxy) is 4. The second kappa shape index (κ2) is 8.17. The first-order valence-electron chi connectivity index (χ1n) is 13.8. The molecule has 2 heterocycles. The Morgan fingerprint density at radius 2 is 1.89 bits per heavy atom. The van der Waals surface area contributed by atoms with Gasteiger partial charge in [0.2, 0.25) is 0 Å². The number of carbonyl (C=O) groups is 1. The summed E-state index contributed by atoms with van der Waals surface area (Å²) in [7, 11) is 0. The highest BCUT2D eigenvalue weighted by Gasteiger charge is 2.74. The lowest BCUT2D eigenvalue weighted by Gasteiger charge is -2.74. The van der Waals surface area contributed by atoms with E-state index in [1.165, 1.54) is 5.57 Å². The Morgan fingerprint density at radius 1 is 1.11 bits per heavy atom. The lowest BCUT2D eigenvalue weighted by molar-refractivity contribution is -0.397.